The van der Waals surface area contributed by atoms with E-state index in [1.54, 1.807) is 17.0 Å². The molecule has 1 fully saturated rings. The fraction of sp³-hybridized carbons (Fsp3) is 0.333. The molecular weight excluding hydrogens is 290 g/mol. The number of nitrogens with zero attached hydrogens (tertiary/aromatic N) is 1. The molecule has 2 N–H and O–H groups in total. The van der Waals surface area contributed by atoms with Crippen LogP contribution in [0.1, 0.15) is 17.4 Å². The minimum Gasteiger partial charge on any atom is -0.332 e. The summed E-state index contributed by atoms with van der Waals surface area (Å²) in [6, 6.07) is 9.18. The first-order chi connectivity index (χ1) is 9.66. The summed E-state index contributed by atoms with van der Waals surface area (Å²) in [6.07, 6.45) is 0. The molecule has 0 bridgehead atoms. The zero-order chi connectivity index (χ0) is 14.1. The summed E-state index contributed by atoms with van der Waals surface area (Å²) in [5.74, 6) is -0.109. The van der Waals surface area contributed by atoms with Crippen LogP contribution in [-0.4, -0.2) is 41.5 Å². The average Bonchev–Trinajstić information content (AvgIpc) is 2.47. The molecule has 1 aromatic carbocycles. The maximum Gasteiger partial charge on any atom is 0.270 e. The van der Waals surface area contributed by atoms with Gasteiger partial charge in [-0.05, 0) is 24.4 Å². The molecule has 1 aliphatic heterocycles. The number of piperazine rings is 1. The Morgan fingerprint density at radius 2 is 2.10 bits per heavy atom. The number of benzene rings is 1. The van der Waals surface area contributed by atoms with Gasteiger partial charge >= 0.3 is 0 Å². The third-order valence-corrected chi connectivity index (χ3v) is 3.75. The summed E-state index contributed by atoms with van der Waals surface area (Å²) in [6.45, 7) is 4.23. The number of H-pyrrole nitrogens is 1. The maximum absolute atomic E-state index is 12.5. The van der Waals surface area contributed by atoms with Gasteiger partial charge in [-0.2, -0.15) is 0 Å². The van der Waals surface area contributed by atoms with Gasteiger partial charge in [0.25, 0.3) is 11.5 Å². The molecule has 5 nitrogen and oxygen atoms in total. The zero-order valence-electron chi connectivity index (χ0n) is 11.8. The summed E-state index contributed by atoms with van der Waals surface area (Å²) < 4.78 is 0. The molecule has 0 saturated carbocycles. The summed E-state index contributed by atoms with van der Waals surface area (Å²) in [5, 5.41) is 4.65. The molecule has 0 unspecified atom stereocenters. The van der Waals surface area contributed by atoms with Crippen molar-refractivity contribution in [3.05, 3.63) is 46.4 Å². The Morgan fingerprint density at radius 3 is 2.86 bits per heavy atom. The molecule has 1 aromatic heterocycles. The van der Waals surface area contributed by atoms with Crippen molar-refractivity contribution in [3.8, 4) is 0 Å². The van der Waals surface area contributed by atoms with Gasteiger partial charge in [0.1, 0.15) is 5.69 Å². The topological polar surface area (TPSA) is 65.2 Å². The third-order valence-electron chi connectivity index (χ3n) is 3.75. The lowest BCUT2D eigenvalue weighted by Gasteiger charge is -2.33. The largest absolute Gasteiger partial charge is 0.332 e. The second-order valence-corrected chi connectivity index (χ2v) is 5.15. The van der Waals surface area contributed by atoms with Gasteiger partial charge in [-0.25, -0.2) is 0 Å². The Labute approximate surface area is 128 Å². The van der Waals surface area contributed by atoms with Crippen LogP contribution < -0.4 is 10.9 Å². The Hall–Kier alpha value is -1.85. The number of halogens is 1. The maximum atomic E-state index is 12.5. The first-order valence-corrected chi connectivity index (χ1v) is 6.80. The van der Waals surface area contributed by atoms with Crippen molar-refractivity contribution < 1.29 is 4.79 Å². The van der Waals surface area contributed by atoms with E-state index in [0.29, 0.717) is 17.6 Å². The van der Waals surface area contributed by atoms with E-state index >= 15 is 0 Å². The van der Waals surface area contributed by atoms with E-state index < -0.39 is 0 Å². The number of rotatable bonds is 1. The van der Waals surface area contributed by atoms with Gasteiger partial charge in [0.15, 0.2) is 0 Å². The van der Waals surface area contributed by atoms with Crippen molar-refractivity contribution in [1.82, 2.24) is 15.2 Å². The van der Waals surface area contributed by atoms with Crippen LogP contribution in [0.4, 0.5) is 0 Å². The van der Waals surface area contributed by atoms with Crippen molar-refractivity contribution in [1.29, 1.82) is 0 Å². The predicted octanol–water partition coefficient (Wildman–Crippen LogP) is 1.38. The van der Waals surface area contributed by atoms with Crippen molar-refractivity contribution in [2.75, 3.05) is 19.6 Å². The number of aromatic amines is 1. The molecule has 1 aliphatic rings. The highest BCUT2D eigenvalue weighted by atomic mass is 35.5. The lowest BCUT2D eigenvalue weighted by Crippen LogP contribution is -2.52. The number of hydrogen-bond acceptors (Lipinski definition) is 3. The fourth-order valence-corrected chi connectivity index (χ4v) is 2.62. The van der Waals surface area contributed by atoms with Gasteiger partial charge < -0.3 is 15.2 Å². The fourth-order valence-electron chi connectivity index (χ4n) is 2.62. The molecule has 1 amide bonds. The van der Waals surface area contributed by atoms with Crippen LogP contribution in [0.5, 0.6) is 0 Å². The van der Waals surface area contributed by atoms with Crippen LogP contribution in [0.25, 0.3) is 10.8 Å². The van der Waals surface area contributed by atoms with Crippen LogP contribution in [-0.2, 0) is 0 Å². The Morgan fingerprint density at radius 1 is 1.33 bits per heavy atom. The molecule has 0 radical (unpaired) electrons. The SMILES string of the molecule is C[C@H]1CNCCN1C(=O)c1cc2ccccc2c(=O)[nH]1.Cl. The normalized spacial score (nSPS) is 18.3. The van der Waals surface area contributed by atoms with Gasteiger partial charge in [-0.1, -0.05) is 18.2 Å². The molecule has 2 heterocycles. The van der Waals surface area contributed by atoms with Crippen LogP contribution in [0, 0.1) is 0 Å². The molecule has 0 aliphatic carbocycles. The second kappa shape index (κ2) is 6.28. The van der Waals surface area contributed by atoms with Crippen LogP contribution in [0.15, 0.2) is 35.1 Å². The van der Waals surface area contributed by atoms with Crippen molar-refractivity contribution in [2.24, 2.45) is 0 Å². The van der Waals surface area contributed by atoms with Gasteiger partial charge in [0.2, 0.25) is 0 Å². The zero-order valence-corrected chi connectivity index (χ0v) is 12.6. The van der Waals surface area contributed by atoms with E-state index in [1.165, 1.54) is 0 Å². The lowest BCUT2D eigenvalue weighted by molar-refractivity contribution is 0.0649. The van der Waals surface area contributed by atoms with E-state index in [0.717, 1.165) is 18.5 Å². The Balaban J connectivity index is 0.00000161. The van der Waals surface area contributed by atoms with E-state index in [4.69, 9.17) is 0 Å². The van der Waals surface area contributed by atoms with Crippen molar-refractivity contribution >= 4 is 29.1 Å². The number of hydrogen-bond donors (Lipinski definition) is 2. The van der Waals surface area contributed by atoms with E-state index in [1.807, 2.05) is 25.1 Å². The number of pyridine rings is 1. The molecule has 0 spiro atoms. The summed E-state index contributed by atoms with van der Waals surface area (Å²) >= 11 is 0. The van der Waals surface area contributed by atoms with Crippen LogP contribution in [0.3, 0.4) is 0 Å². The monoisotopic (exact) mass is 307 g/mol. The summed E-state index contributed by atoms with van der Waals surface area (Å²) in [4.78, 5) is 29.1. The van der Waals surface area contributed by atoms with Crippen LogP contribution >= 0.6 is 12.4 Å². The number of nitrogens with one attached hydrogen (secondary N) is 2. The number of fused-ring (bicyclic) bond motifs is 1. The molecule has 21 heavy (non-hydrogen) atoms. The highest BCUT2D eigenvalue weighted by Gasteiger charge is 2.24. The lowest BCUT2D eigenvalue weighted by atomic mass is 10.1. The number of carbonyl (C=O) groups excluding carboxylic acids is 1. The van der Waals surface area contributed by atoms with Gasteiger partial charge in [0, 0.05) is 31.1 Å². The first kappa shape index (κ1) is 15.5. The summed E-state index contributed by atoms with van der Waals surface area (Å²) in [5.41, 5.74) is 0.150. The quantitative estimate of drug-likeness (QED) is 0.836. The van der Waals surface area contributed by atoms with E-state index in [-0.39, 0.29) is 29.9 Å². The van der Waals surface area contributed by atoms with Gasteiger partial charge in [0.05, 0.1) is 0 Å². The minimum absolute atomic E-state index is 0. The standard InChI is InChI=1S/C15H17N3O2.ClH/c1-10-9-16-6-7-18(10)15(20)13-8-11-4-2-3-5-12(11)14(19)17-13;/h2-5,8,10,16H,6-7,9H2,1H3,(H,17,19);1H/t10-;/m0./s1. The third kappa shape index (κ3) is 2.94. The van der Waals surface area contributed by atoms with Gasteiger partial charge in [-0.15, -0.1) is 12.4 Å². The highest BCUT2D eigenvalue weighted by molar-refractivity contribution is 5.96. The van der Waals surface area contributed by atoms with Gasteiger partial charge in [-0.3, -0.25) is 9.59 Å². The smallest absolute Gasteiger partial charge is 0.270 e. The first-order valence-electron chi connectivity index (χ1n) is 6.80. The van der Waals surface area contributed by atoms with E-state index in [9.17, 15) is 9.59 Å². The molecule has 1 atom stereocenters. The molecular formula is C15H18ClN3O2. The van der Waals surface area contributed by atoms with E-state index in [2.05, 4.69) is 10.3 Å². The van der Waals surface area contributed by atoms with Crippen LogP contribution in [0.2, 0.25) is 0 Å². The highest BCUT2D eigenvalue weighted by Crippen LogP contribution is 2.13. The predicted molar refractivity (Wildman–Crippen MR) is 85.2 cm³/mol. The summed E-state index contributed by atoms with van der Waals surface area (Å²) in [7, 11) is 0. The molecule has 1 saturated heterocycles. The average molecular weight is 308 g/mol. The minimum atomic E-state index is -0.214. The van der Waals surface area contributed by atoms with Crippen molar-refractivity contribution in [3.63, 3.8) is 0 Å². The number of aromatic nitrogens is 1. The Bertz CT molecular complexity index is 713. The second-order valence-electron chi connectivity index (χ2n) is 5.15. The van der Waals surface area contributed by atoms with Crippen molar-refractivity contribution in [2.45, 2.75) is 13.0 Å². The number of amides is 1. The molecule has 112 valence electrons. The number of carbonyl (C=O) groups is 1. The molecule has 3 rings (SSSR count). The molecule has 6 heteroatoms. The molecule has 2 aromatic rings. The Kier molecular flexibility index (Phi) is 4.65.